The van der Waals surface area contributed by atoms with Crippen LogP contribution in [0.4, 0.5) is 5.69 Å². The summed E-state index contributed by atoms with van der Waals surface area (Å²) in [5.74, 6) is 2.80. The second-order valence-corrected chi connectivity index (χ2v) is 11.3. The number of anilines is 1. The van der Waals surface area contributed by atoms with Gasteiger partial charge >= 0.3 is 0 Å². The van der Waals surface area contributed by atoms with Crippen LogP contribution >= 0.6 is 0 Å². The van der Waals surface area contributed by atoms with E-state index in [0.717, 1.165) is 56.9 Å². The van der Waals surface area contributed by atoms with Crippen molar-refractivity contribution in [2.75, 3.05) is 38.2 Å². The summed E-state index contributed by atoms with van der Waals surface area (Å²) in [7, 11) is 1.73. The third-order valence-corrected chi connectivity index (χ3v) is 9.17. The van der Waals surface area contributed by atoms with Crippen LogP contribution in [0, 0.1) is 24.2 Å². The second-order valence-electron chi connectivity index (χ2n) is 11.3. The average Bonchev–Trinajstić information content (AvgIpc) is 2.83. The van der Waals surface area contributed by atoms with Crippen LogP contribution < -0.4 is 9.64 Å². The average molecular weight is 445 g/mol. The summed E-state index contributed by atoms with van der Waals surface area (Å²) in [5.41, 5.74) is 4.02. The van der Waals surface area contributed by atoms with Crippen LogP contribution in [0.1, 0.15) is 49.7 Å². The molecule has 1 heterocycles. The molecule has 1 saturated heterocycles. The number of ether oxygens (including phenoxy) is 1. The molecular formula is C29H36N2O2. The Morgan fingerprint density at radius 3 is 2.24 bits per heavy atom. The summed E-state index contributed by atoms with van der Waals surface area (Å²) in [6.07, 6.45) is 7.18. The van der Waals surface area contributed by atoms with Crippen molar-refractivity contribution in [1.82, 2.24) is 4.90 Å². The van der Waals surface area contributed by atoms with Crippen molar-refractivity contribution in [3.8, 4) is 5.75 Å². The summed E-state index contributed by atoms with van der Waals surface area (Å²) >= 11 is 0. The molecule has 5 fully saturated rings. The van der Waals surface area contributed by atoms with Crippen LogP contribution in [0.2, 0.25) is 0 Å². The first-order valence-electron chi connectivity index (χ1n) is 12.7. The monoisotopic (exact) mass is 444 g/mol. The van der Waals surface area contributed by atoms with Crippen molar-refractivity contribution < 1.29 is 9.53 Å². The highest BCUT2D eigenvalue weighted by molar-refractivity contribution is 5.84. The Kier molecular flexibility index (Phi) is 4.97. The number of carbonyl (C=O) groups excluding carboxylic acids is 1. The van der Waals surface area contributed by atoms with Crippen molar-refractivity contribution >= 4 is 11.6 Å². The van der Waals surface area contributed by atoms with Gasteiger partial charge in [0, 0.05) is 26.2 Å². The van der Waals surface area contributed by atoms with E-state index in [1.54, 1.807) is 7.11 Å². The van der Waals surface area contributed by atoms with E-state index in [2.05, 4.69) is 53.1 Å². The lowest BCUT2D eigenvalue weighted by molar-refractivity contribution is -0.160. The molecule has 33 heavy (non-hydrogen) atoms. The summed E-state index contributed by atoms with van der Waals surface area (Å²) in [6, 6.07) is 17.5. The van der Waals surface area contributed by atoms with Crippen LogP contribution in [-0.2, 0) is 10.2 Å². The Hall–Kier alpha value is -2.49. The first kappa shape index (κ1) is 21.1. The molecule has 2 aromatic carbocycles. The molecule has 1 aliphatic heterocycles. The zero-order valence-electron chi connectivity index (χ0n) is 20.1. The van der Waals surface area contributed by atoms with E-state index in [1.165, 1.54) is 30.4 Å². The second kappa shape index (κ2) is 7.78. The van der Waals surface area contributed by atoms with Gasteiger partial charge in [-0.15, -0.1) is 0 Å². The van der Waals surface area contributed by atoms with Crippen LogP contribution in [0.15, 0.2) is 48.5 Å². The van der Waals surface area contributed by atoms with Crippen molar-refractivity contribution in [2.45, 2.75) is 50.9 Å². The van der Waals surface area contributed by atoms with E-state index < -0.39 is 0 Å². The van der Waals surface area contributed by atoms with Gasteiger partial charge in [-0.05, 0) is 80.4 Å². The molecular weight excluding hydrogens is 408 g/mol. The number of para-hydroxylation sites is 2. The predicted octanol–water partition coefficient (Wildman–Crippen LogP) is 5.19. The number of rotatable bonds is 4. The Morgan fingerprint density at radius 1 is 0.909 bits per heavy atom. The number of nitrogens with zero attached hydrogens (tertiary/aromatic N) is 2. The van der Waals surface area contributed by atoms with Crippen LogP contribution in [0.3, 0.4) is 0 Å². The van der Waals surface area contributed by atoms with Gasteiger partial charge in [0.1, 0.15) is 5.75 Å². The van der Waals surface area contributed by atoms with Gasteiger partial charge in [-0.1, -0.05) is 42.0 Å². The third-order valence-electron chi connectivity index (χ3n) is 9.17. The van der Waals surface area contributed by atoms with Crippen molar-refractivity contribution in [2.24, 2.45) is 17.3 Å². The molecule has 4 bridgehead atoms. The normalized spacial score (nSPS) is 32.8. The minimum absolute atomic E-state index is 0.137. The highest BCUT2D eigenvalue weighted by atomic mass is 16.5. The van der Waals surface area contributed by atoms with Gasteiger partial charge in [0.25, 0.3) is 0 Å². The third kappa shape index (κ3) is 3.45. The summed E-state index contributed by atoms with van der Waals surface area (Å²) in [5, 5.41) is 0. The van der Waals surface area contributed by atoms with E-state index in [1.807, 2.05) is 12.1 Å². The zero-order chi connectivity index (χ0) is 22.6. The molecule has 5 aliphatic rings. The van der Waals surface area contributed by atoms with E-state index in [4.69, 9.17) is 4.74 Å². The Morgan fingerprint density at radius 2 is 1.58 bits per heavy atom. The quantitative estimate of drug-likeness (QED) is 0.651. The molecule has 7 rings (SSSR count). The molecule has 0 spiro atoms. The highest BCUT2D eigenvalue weighted by Gasteiger charge is 2.61. The molecule has 174 valence electrons. The number of methoxy groups -OCH3 is 1. The first-order valence-corrected chi connectivity index (χ1v) is 12.7. The fourth-order valence-electron chi connectivity index (χ4n) is 8.13. The fourth-order valence-corrected chi connectivity index (χ4v) is 8.13. The fraction of sp³-hybridized carbons (Fsp3) is 0.552. The number of piperazine rings is 1. The van der Waals surface area contributed by atoms with E-state index in [0.29, 0.717) is 17.7 Å². The smallest absolute Gasteiger partial charge is 0.228 e. The van der Waals surface area contributed by atoms with E-state index >= 15 is 0 Å². The van der Waals surface area contributed by atoms with Gasteiger partial charge < -0.3 is 14.5 Å². The van der Waals surface area contributed by atoms with Crippen LogP contribution in [0.5, 0.6) is 5.75 Å². The van der Waals surface area contributed by atoms with Crippen molar-refractivity contribution in [3.63, 3.8) is 0 Å². The molecule has 4 heteroatoms. The lowest BCUT2D eigenvalue weighted by Crippen LogP contribution is -2.61. The molecule has 1 amide bonds. The molecule has 0 N–H and O–H groups in total. The maximum Gasteiger partial charge on any atom is 0.228 e. The van der Waals surface area contributed by atoms with E-state index in [9.17, 15) is 4.79 Å². The molecule has 0 radical (unpaired) electrons. The largest absolute Gasteiger partial charge is 0.495 e. The maximum atomic E-state index is 14.1. The molecule has 4 aliphatic carbocycles. The predicted molar refractivity (Wildman–Crippen MR) is 132 cm³/mol. The van der Waals surface area contributed by atoms with Gasteiger partial charge in [0.05, 0.1) is 18.2 Å². The van der Waals surface area contributed by atoms with Crippen LogP contribution in [0.25, 0.3) is 0 Å². The summed E-state index contributed by atoms with van der Waals surface area (Å²) in [4.78, 5) is 18.7. The number of hydrogen-bond acceptors (Lipinski definition) is 3. The molecule has 2 atom stereocenters. The highest BCUT2D eigenvalue weighted by Crippen LogP contribution is 2.66. The lowest BCUT2D eigenvalue weighted by Gasteiger charge is -2.62. The number of aryl methyl sites for hydroxylation is 1. The number of benzene rings is 2. The minimum atomic E-state index is -0.137. The van der Waals surface area contributed by atoms with Gasteiger partial charge in [0.15, 0.2) is 0 Å². The first-order chi connectivity index (χ1) is 16.0. The number of carbonyl (C=O) groups is 1. The molecule has 0 aromatic heterocycles. The lowest BCUT2D eigenvalue weighted by atomic mass is 9.42. The zero-order valence-corrected chi connectivity index (χ0v) is 20.1. The topological polar surface area (TPSA) is 32.8 Å². The number of hydrogen-bond donors (Lipinski definition) is 0. The summed E-state index contributed by atoms with van der Waals surface area (Å²) < 4.78 is 5.58. The van der Waals surface area contributed by atoms with Crippen molar-refractivity contribution in [3.05, 3.63) is 59.7 Å². The Labute approximate surface area is 197 Å². The maximum absolute atomic E-state index is 14.1. The molecule has 4 saturated carbocycles. The van der Waals surface area contributed by atoms with Crippen molar-refractivity contribution in [1.29, 1.82) is 0 Å². The van der Waals surface area contributed by atoms with Gasteiger partial charge in [-0.2, -0.15) is 0 Å². The molecule has 2 unspecified atom stereocenters. The SMILES string of the molecule is COc1ccccc1N1CCN(C(=O)C23CC4CC(C2)CC(c2ccc(C)cc2)(C4)C3)CC1. The standard InChI is InChI=1S/C29H36N2O2/c1-21-7-9-24(10-8-21)28-16-22-15-23(17-28)19-29(18-22,20-28)27(32)31-13-11-30(12-14-31)25-5-3-4-6-26(25)33-2/h3-10,22-23H,11-20H2,1-2H3. The van der Waals surface area contributed by atoms with Gasteiger partial charge in [-0.25, -0.2) is 0 Å². The van der Waals surface area contributed by atoms with Gasteiger partial charge in [0.2, 0.25) is 5.91 Å². The number of amides is 1. The molecule has 2 aromatic rings. The Bertz CT molecular complexity index is 1020. The van der Waals surface area contributed by atoms with Gasteiger partial charge in [-0.3, -0.25) is 4.79 Å². The van der Waals surface area contributed by atoms with Crippen LogP contribution in [-0.4, -0.2) is 44.1 Å². The molecule has 4 nitrogen and oxygen atoms in total. The van der Waals surface area contributed by atoms with E-state index in [-0.39, 0.29) is 10.8 Å². The summed E-state index contributed by atoms with van der Waals surface area (Å²) in [6.45, 7) is 5.53. The Balaban J connectivity index is 1.22. The minimum Gasteiger partial charge on any atom is -0.495 e.